The molecular formula is C24H30N6O4. The summed E-state index contributed by atoms with van der Waals surface area (Å²) in [7, 11) is 0. The molecule has 0 spiro atoms. The van der Waals surface area contributed by atoms with E-state index in [1.54, 1.807) is 0 Å². The van der Waals surface area contributed by atoms with E-state index < -0.39 is 0 Å². The van der Waals surface area contributed by atoms with Crippen LogP contribution in [0.3, 0.4) is 0 Å². The molecule has 0 unspecified atom stereocenters. The van der Waals surface area contributed by atoms with Crippen LogP contribution in [0.4, 0.5) is 0 Å². The zero-order valence-corrected chi connectivity index (χ0v) is 19.2. The van der Waals surface area contributed by atoms with Gasteiger partial charge in [-0.05, 0) is 48.2 Å². The van der Waals surface area contributed by atoms with E-state index in [1.807, 2.05) is 22.9 Å². The van der Waals surface area contributed by atoms with Gasteiger partial charge >= 0.3 is 0 Å². The van der Waals surface area contributed by atoms with E-state index in [-0.39, 0.29) is 11.7 Å². The fraction of sp³-hybridized carbons (Fsp3) is 0.583. The summed E-state index contributed by atoms with van der Waals surface area (Å²) in [5.74, 6) is 2.21. The number of rotatable bonds is 7. The fourth-order valence-electron chi connectivity index (χ4n) is 5.35. The van der Waals surface area contributed by atoms with E-state index >= 15 is 0 Å². The molecule has 2 aliphatic heterocycles. The first-order chi connectivity index (χ1) is 16.7. The molecule has 0 amide bonds. The van der Waals surface area contributed by atoms with Gasteiger partial charge in [-0.2, -0.15) is 0 Å². The van der Waals surface area contributed by atoms with E-state index in [0.29, 0.717) is 44.6 Å². The van der Waals surface area contributed by atoms with Crippen LogP contribution in [0.2, 0.25) is 0 Å². The van der Waals surface area contributed by atoms with Crippen molar-refractivity contribution in [2.45, 2.75) is 70.3 Å². The van der Waals surface area contributed by atoms with E-state index in [1.165, 1.54) is 12.8 Å². The van der Waals surface area contributed by atoms with Gasteiger partial charge in [0.1, 0.15) is 13.2 Å². The van der Waals surface area contributed by atoms with Gasteiger partial charge in [0.05, 0.1) is 24.7 Å². The second-order valence-corrected chi connectivity index (χ2v) is 9.46. The van der Waals surface area contributed by atoms with E-state index in [0.717, 1.165) is 60.3 Å². The van der Waals surface area contributed by atoms with Crippen molar-refractivity contribution in [2.75, 3.05) is 19.8 Å². The van der Waals surface area contributed by atoms with Crippen LogP contribution >= 0.6 is 0 Å². The number of aromatic nitrogens is 5. The number of fused-ring (bicyclic) bond motifs is 2. The summed E-state index contributed by atoms with van der Waals surface area (Å²) < 4.78 is 19.1. The lowest BCUT2D eigenvalue weighted by Gasteiger charge is -2.28. The van der Waals surface area contributed by atoms with E-state index in [4.69, 9.17) is 14.2 Å². The van der Waals surface area contributed by atoms with Crippen LogP contribution in [0, 0.1) is 0 Å². The Hall–Kier alpha value is -2.98. The second-order valence-electron chi connectivity index (χ2n) is 9.46. The molecule has 3 aromatic rings. The highest BCUT2D eigenvalue weighted by Crippen LogP contribution is 2.34. The van der Waals surface area contributed by atoms with Crippen molar-refractivity contribution < 1.29 is 14.2 Å². The zero-order chi connectivity index (χ0) is 22.9. The largest absolute Gasteiger partial charge is 0.486 e. The molecule has 1 aliphatic carbocycles. The minimum atomic E-state index is -0.0777. The Kier molecular flexibility index (Phi) is 5.92. The molecule has 0 radical (unpaired) electrons. The van der Waals surface area contributed by atoms with Gasteiger partial charge in [0.2, 0.25) is 0 Å². The highest BCUT2D eigenvalue weighted by molar-refractivity contribution is 5.83. The number of nitrogens with one attached hydrogen (secondary N) is 1. The van der Waals surface area contributed by atoms with Gasteiger partial charge in [0.15, 0.2) is 17.3 Å². The standard InChI is InChI=1S/C24H30N6O4/c31-24-17(10-16-11-21-22(12-20(16)25-24)34-9-8-33-21)13-29(18-4-1-2-5-18)15-23-26-27-28-30(23)14-19-6-3-7-32-19/h10-12,18-19H,1-9,13-15H2,(H,25,31)/t19-/m1/s1. The molecule has 2 fully saturated rings. The Labute approximate surface area is 197 Å². The number of H-pyrrole nitrogens is 1. The van der Waals surface area contributed by atoms with Gasteiger partial charge in [0, 0.05) is 36.2 Å². The molecule has 34 heavy (non-hydrogen) atoms. The quantitative estimate of drug-likeness (QED) is 0.566. The third kappa shape index (κ3) is 4.39. The number of ether oxygens (including phenoxy) is 3. The van der Waals surface area contributed by atoms with Crippen molar-refractivity contribution in [1.29, 1.82) is 0 Å². The summed E-state index contributed by atoms with van der Waals surface area (Å²) >= 11 is 0. The molecule has 0 bridgehead atoms. The van der Waals surface area contributed by atoms with Gasteiger partial charge in [0.25, 0.3) is 5.56 Å². The number of benzene rings is 1. The first-order valence-corrected chi connectivity index (χ1v) is 12.3. The van der Waals surface area contributed by atoms with Crippen molar-refractivity contribution in [2.24, 2.45) is 0 Å². The molecule has 1 aromatic carbocycles. The van der Waals surface area contributed by atoms with Crippen molar-refractivity contribution in [3.8, 4) is 11.5 Å². The van der Waals surface area contributed by atoms with Crippen LogP contribution in [0.25, 0.3) is 10.9 Å². The molecule has 4 heterocycles. The van der Waals surface area contributed by atoms with Crippen LogP contribution in [0.5, 0.6) is 11.5 Å². The first-order valence-electron chi connectivity index (χ1n) is 12.3. The molecule has 1 saturated carbocycles. The smallest absolute Gasteiger partial charge is 0.252 e. The Morgan fingerprint density at radius 3 is 2.62 bits per heavy atom. The number of hydrogen-bond donors (Lipinski definition) is 1. The summed E-state index contributed by atoms with van der Waals surface area (Å²) in [5.41, 5.74) is 1.41. The van der Waals surface area contributed by atoms with Gasteiger partial charge in [-0.25, -0.2) is 4.68 Å². The van der Waals surface area contributed by atoms with E-state index in [9.17, 15) is 4.79 Å². The van der Waals surface area contributed by atoms with Crippen molar-refractivity contribution in [1.82, 2.24) is 30.1 Å². The highest BCUT2D eigenvalue weighted by atomic mass is 16.6. The fourth-order valence-corrected chi connectivity index (χ4v) is 5.35. The Morgan fingerprint density at radius 1 is 1.00 bits per heavy atom. The number of nitrogens with zero attached hydrogens (tertiary/aromatic N) is 5. The van der Waals surface area contributed by atoms with Gasteiger partial charge < -0.3 is 19.2 Å². The van der Waals surface area contributed by atoms with Crippen LogP contribution in [0.15, 0.2) is 23.0 Å². The van der Waals surface area contributed by atoms with Gasteiger partial charge in [-0.3, -0.25) is 9.69 Å². The number of tetrazole rings is 1. The molecule has 2 aromatic heterocycles. The summed E-state index contributed by atoms with van der Waals surface area (Å²) in [5, 5.41) is 13.4. The predicted molar refractivity (Wildman–Crippen MR) is 124 cm³/mol. The van der Waals surface area contributed by atoms with Crippen molar-refractivity contribution in [3.05, 3.63) is 39.9 Å². The summed E-state index contributed by atoms with van der Waals surface area (Å²) in [6, 6.07) is 6.18. The number of hydrogen-bond acceptors (Lipinski definition) is 8. The predicted octanol–water partition coefficient (Wildman–Crippen LogP) is 2.41. The Bertz CT molecular complexity index is 1210. The third-order valence-electron chi connectivity index (χ3n) is 7.15. The van der Waals surface area contributed by atoms with Crippen molar-refractivity contribution >= 4 is 10.9 Å². The maximum atomic E-state index is 13.0. The SMILES string of the molecule is O=c1[nH]c2cc3c(cc2cc1CN(Cc1nnnn1C[C@H]1CCCO1)C1CCCC1)OCCO3. The molecule has 10 nitrogen and oxygen atoms in total. The Balaban J connectivity index is 1.27. The molecule has 1 saturated heterocycles. The maximum absolute atomic E-state index is 13.0. The van der Waals surface area contributed by atoms with Crippen LogP contribution < -0.4 is 15.0 Å². The molecule has 10 heteroatoms. The second kappa shape index (κ2) is 9.34. The molecule has 1 atom stereocenters. The minimum absolute atomic E-state index is 0.0777. The topological polar surface area (TPSA) is 107 Å². The third-order valence-corrected chi connectivity index (χ3v) is 7.15. The monoisotopic (exact) mass is 466 g/mol. The Morgan fingerprint density at radius 2 is 1.82 bits per heavy atom. The normalized spacial score (nSPS) is 20.6. The minimum Gasteiger partial charge on any atom is -0.486 e. The number of pyridine rings is 1. The molecular weight excluding hydrogens is 436 g/mol. The first kappa shape index (κ1) is 21.5. The van der Waals surface area contributed by atoms with Crippen LogP contribution in [-0.4, -0.2) is 62.1 Å². The molecule has 3 aliphatic rings. The van der Waals surface area contributed by atoms with E-state index in [2.05, 4.69) is 25.4 Å². The average Bonchev–Trinajstić information content (AvgIpc) is 3.62. The zero-order valence-electron chi connectivity index (χ0n) is 19.2. The lowest BCUT2D eigenvalue weighted by Crippen LogP contribution is -2.35. The number of aromatic amines is 1. The van der Waals surface area contributed by atoms with Gasteiger partial charge in [-0.15, -0.1) is 5.10 Å². The molecule has 180 valence electrons. The van der Waals surface area contributed by atoms with Crippen molar-refractivity contribution in [3.63, 3.8) is 0 Å². The average molecular weight is 467 g/mol. The summed E-state index contributed by atoms with van der Waals surface area (Å²) in [6.45, 7) is 3.67. The lowest BCUT2D eigenvalue weighted by atomic mass is 10.1. The molecule has 1 N–H and O–H groups in total. The van der Waals surface area contributed by atoms with Gasteiger partial charge in [-0.1, -0.05) is 12.8 Å². The van der Waals surface area contributed by atoms with Crippen LogP contribution in [0.1, 0.15) is 49.9 Å². The van der Waals surface area contributed by atoms with Crippen LogP contribution in [-0.2, 0) is 24.4 Å². The highest BCUT2D eigenvalue weighted by Gasteiger charge is 2.27. The summed E-state index contributed by atoms with van der Waals surface area (Å²) in [4.78, 5) is 18.4. The summed E-state index contributed by atoms with van der Waals surface area (Å²) in [6.07, 6.45) is 6.95. The maximum Gasteiger partial charge on any atom is 0.252 e. The lowest BCUT2D eigenvalue weighted by molar-refractivity contribution is 0.0906. The molecule has 6 rings (SSSR count).